The van der Waals surface area contributed by atoms with Gasteiger partial charge in [0.25, 0.3) is 0 Å². The van der Waals surface area contributed by atoms with Gasteiger partial charge in [-0.15, -0.1) is 11.6 Å². The van der Waals surface area contributed by atoms with Gasteiger partial charge in [0.05, 0.1) is 0 Å². The van der Waals surface area contributed by atoms with Crippen molar-refractivity contribution in [1.29, 1.82) is 0 Å². The molecule has 1 aromatic rings. The van der Waals surface area contributed by atoms with Gasteiger partial charge in [-0.05, 0) is 30.8 Å². The quantitative estimate of drug-likeness (QED) is 0.711. The molecular formula is C12H17Cl2N. The van der Waals surface area contributed by atoms with Crippen molar-refractivity contribution in [2.45, 2.75) is 19.9 Å². The first-order valence-electron chi connectivity index (χ1n) is 5.28. The van der Waals surface area contributed by atoms with Crippen molar-refractivity contribution >= 4 is 23.2 Å². The molecule has 1 unspecified atom stereocenters. The molecule has 0 aromatic heterocycles. The lowest BCUT2D eigenvalue weighted by Gasteiger charge is -2.28. The first-order chi connectivity index (χ1) is 7.22. The molecule has 1 aromatic carbocycles. The zero-order valence-corrected chi connectivity index (χ0v) is 10.7. The van der Waals surface area contributed by atoms with E-state index in [-0.39, 0.29) is 0 Å². The third-order valence-corrected chi connectivity index (χ3v) is 3.20. The zero-order valence-electron chi connectivity index (χ0n) is 9.21. The number of alkyl halides is 1. The van der Waals surface area contributed by atoms with Crippen LogP contribution in [0, 0.1) is 0 Å². The fraction of sp³-hybridized carbons (Fsp3) is 0.500. The fourth-order valence-electron chi connectivity index (χ4n) is 1.75. The monoisotopic (exact) mass is 245 g/mol. The molecule has 1 nitrogen and oxygen atoms in total. The summed E-state index contributed by atoms with van der Waals surface area (Å²) in [6.07, 6.45) is 0. The van der Waals surface area contributed by atoms with Crippen LogP contribution in [-0.4, -0.2) is 23.9 Å². The first kappa shape index (κ1) is 12.8. The van der Waals surface area contributed by atoms with Gasteiger partial charge < -0.3 is 0 Å². The first-order valence-corrected chi connectivity index (χ1v) is 6.19. The summed E-state index contributed by atoms with van der Waals surface area (Å²) in [5.74, 6) is 0.614. The second-order valence-electron chi connectivity index (χ2n) is 3.44. The van der Waals surface area contributed by atoms with E-state index in [1.165, 1.54) is 5.56 Å². The zero-order chi connectivity index (χ0) is 11.3. The van der Waals surface area contributed by atoms with Crippen LogP contribution in [0.5, 0.6) is 0 Å². The van der Waals surface area contributed by atoms with Crippen molar-refractivity contribution in [3.63, 3.8) is 0 Å². The molecule has 0 saturated carbocycles. The molecular weight excluding hydrogens is 229 g/mol. The van der Waals surface area contributed by atoms with E-state index in [1.54, 1.807) is 0 Å². The van der Waals surface area contributed by atoms with Crippen LogP contribution < -0.4 is 0 Å². The van der Waals surface area contributed by atoms with E-state index in [9.17, 15) is 0 Å². The number of halogens is 2. The summed E-state index contributed by atoms with van der Waals surface area (Å²) in [6.45, 7) is 6.32. The van der Waals surface area contributed by atoms with Crippen LogP contribution in [0.1, 0.15) is 25.5 Å². The number of benzene rings is 1. The number of hydrogen-bond acceptors (Lipinski definition) is 1. The fourth-order valence-corrected chi connectivity index (χ4v) is 2.25. The molecule has 3 heteroatoms. The van der Waals surface area contributed by atoms with Crippen LogP contribution in [0.2, 0.25) is 5.02 Å². The van der Waals surface area contributed by atoms with Crippen molar-refractivity contribution in [3.8, 4) is 0 Å². The summed E-state index contributed by atoms with van der Waals surface area (Å²) in [5, 5.41) is 0.770. The van der Waals surface area contributed by atoms with E-state index in [0.29, 0.717) is 11.9 Å². The molecule has 0 radical (unpaired) electrons. The van der Waals surface area contributed by atoms with Crippen LogP contribution in [0.25, 0.3) is 0 Å². The number of rotatable bonds is 5. The standard InChI is InChI=1S/C12H17Cl2N/c1-3-15(4-2)12(9-13)10-5-7-11(14)8-6-10/h5-8,12H,3-4,9H2,1-2H3. The van der Waals surface area contributed by atoms with Crippen molar-refractivity contribution < 1.29 is 0 Å². The van der Waals surface area contributed by atoms with Crippen LogP contribution in [-0.2, 0) is 0 Å². The third kappa shape index (κ3) is 3.37. The van der Waals surface area contributed by atoms with Crippen LogP contribution in [0.4, 0.5) is 0 Å². The lowest BCUT2D eigenvalue weighted by Crippen LogP contribution is -2.29. The van der Waals surface area contributed by atoms with Gasteiger partial charge in [0.15, 0.2) is 0 Å². The summed E-state index contributed by atoms with van der Waals surface area (Å²) >= 11 is 11.9. The van der Waals surface area contributed by atoms with Crippen LogP contribution in [0.15, 0.2) is 24.3 Å². The molecule has 0 aliphatic rings. The van der Waals surface area contributed by atoms with Gasteiger partial charge in [-0.3, -0.25) is 4.90 Å². The Morgan fingerprint density at radius 1 is 1.13 bits per heavy atom. The molecule has 1 rings (SSSR count). The third-order valence-electron chi connectivity index (χ3n) is 2.65. The highest BCUT2D eigenvalue weighted by Gasteiger charge is 2.16. The van der Waals surface area contributed by atoms with Gasteiger partial charge in [0.2, 0.25) is 0 Å². The minimum absolute atomic E-state index is 0.291. The van der Waals surface area contributed by atoms with E-state index >= 15 is 0 Å². The molecule has 0 aliphatic heterocycles. The van der Waals surface area contributed by atoms with Gasteiger partial charge in [0, 0.05) is 16.9 Å². The van der Waals surface area contributed by atoms with E-state index in [4.69, 9.17) is 23.2 Å². The van der Waals surface area contributed by atoms with Crippen molar-refractivity contribution in [2.75, 3.05) is 19.0 Å². The lowest BCUT2D eigenvalue weighted by molar-refractivity contribution is 0.237. The Bertz CT molecular complexity index is 280. The maximum atomic E-state index is 6.02. The molecule has 0 saturated heterocycles. The Morgan fingerprint density at radius 2 is 1.67 bits per heavy atom. The Morgan fingerprint density at radius 3 is 2.07 bits per heavy atom. The van der Waals surface area contributed by atoms with Crippen molar-refractivity contribution in [3.05, 3.63) is 34.9 Å². The predicted octanol–water partition coefficient (Wildman–Crippen LogP) is 3.96. The van der Waals surface area contributed by atoms with Crippen LogP contribution >= 0.6 is 23.2 Å². The molecule has 0 amide bonds. The largest absolute Gasteiger partial charge is 0.296 e. The summed E-state index contributed by atoms with van der Waals surface area (Å²) in [6, 6.07) is 8.22. The van der Waals surface area contributed by atoms with Crippen molar-refractivity contribution in [1.82, 2.24) is 4.90 Å². The Hall–Kier alpha value is -0.240. The van der Waals surface area contributed by atoms with E-state index in [2.05, 4.69) is 18.7 Å². The Balaban J connectivity index is 2.86. The molecule has 0 aliphatic carbocycles. The van der Waals surface area contributed by atoms with Gasteiger partial charge in [-0.1, -0.05) is 37.6 Å². The average molecular weight is 246 g/mol. The summed E-state index contributed by atoms with van der Waals surface area (Å²) in [7, 11) is 0. The van der Waals surface area contributed by atoms with E-state index in [1.807, 2.05) is 24.3 Å². The highest BCUT2D eigenvalue weighted by atomic mass is 35.5. The minimum atomic E-state index is 0.291. The van der Waals surface area contributed by atoms with Crippen LogP contribution in [0.3, 0.4) is 0 Å². The second kappa shape index (κ2) is 6.37. The van der Waals surface area contributed by atoms with Gasteiger partial charge >= 0.3 is 0 Å². The van der Waals surface area contributed by atoms with Gasteiger partial charge in [-0.25, -0.2) is 0 Å². The lowest BCUT2D eigenvalue weighted by atomic mass is 10.1. The van der Waals surface area contributed by atoms with Crippen molar-refractivity contribution in [2.24, 2.45) is 0 Å². The number of hydrogen-bond donors (Lipinski definition) is 0. The molecule has 15 heavy (non-hydrogen) atoms. The molecule has 1 atom stereocenters. The molecule has 0 fully saturated rings. The van der Waals surface area contributed by atoms with Gasteiger partial charge in [-0.2, -0.15) is 0 Å². The Labute approximate surface area is 102 Å². The summed E-state index contributed by atoms with van der Waals surface area (Å²) < 4.78 is 0. The number of nitrogens with zero attached hydrogens (tertiary/aromatic N) is 1. The smallest absolute Gasteiger partial charge is 0.0483 e. The highest BCUT2D eigenvalue weighted by molar-refractivity contribution is 6.30. The molecule has 0 heterocycles. The van der Waals surface area contributed by atoms with Gasteiger partial charge in [0.1, 0.15) is 0 Å². The summed E-state index contributed by atoms with van der Waals surface area (Å²) in [4.78, 5) is 2.34. The summed E-state index contributed by atoms with van der Waals surface area (Å²) in [5.41, 5.74) is 1.23. The topological polar surface area (TPSA) is 3.24 Å². The maximum absolute atomic E-state index is 6.02. The SMILES string of the molecule is CCN(CC)C(CCl)c1ccc(Cl)cc1. The Kier molecular flexibility index (Phi) is 5.44. The maximum Gasteiger partial charge on any atom is 0.0483 e. The minimum Gasteiger partial charge on any atom is -0.296 e. The second-order valence-corrected chi connectivity index (χ2v) is 4.19. The molecule has 0 N–H and O–H groups in total. The average Bonchev–Trinajstić information content (AvgIpc) is 2.27. The molecule has 0 bridgehead atoms. The highest BCUT2D eigenvalue weighted by Crippen LogP contribution is 2.23. The van der Waals surface area contributed by atoms with E-state index < -0.39 is 0 Å². The van der Waals surface area contributed by atoms with E-state index in [0.717, 1.165) is 18.1 Å². The molecule has 0 spiro atoms. The predicted molar refractivity (Wildman–Crippen MR) is 67.8 cm³/mol. The molecule has 84 valence electrons. The normalized spacial score (nSPS) is 13.1.